The van der Waals surface area contributed by atoms with Gasteiger partial charge < -0.3 is 10.0 Å². The highest BCUT2D eigenvalue weighted by atomic mass is 16.3. The molecule has 8 nitrogen and oxygen atoms in total. The van der Waals surface area contributed by atoms with Crippen LogP contribution in [0.3, 0.4) is 0 Å². The molecule has 0 radical (unpaired) electrons. The van der Waals surface area contributed by atoms with Crippen LogP contribution in [0.25, 0.3) is 17.1 Å². The van der Waals surface area contributed by atoms with Gasteiger partial charge in [0.15, 0.2) is 0 Å². The Kier molecular flexibility index (Phi) is 4.13. The molecule has 2 aliphatic rings. The lowest BCUT2D eigenvalue weighted by Crippen LogP contribution is -2.52. The second kappa shape index (κ2) is 6.84. The van der Waals surface area contributed by atoms with Crippen LogP contribution in [0.15, 0.2) is 54.9 Å². The standard InChI is InChI=1S/C22H18N4O4/c27-16-3-1-2-15(11-16)25-9-8-23-20(25)13-4-5-17-14(10-13)12-26(22(17)30)18-6-7-19(28)24-21(18)29/h1-5,8-11,18,27H,6-7,12H2,(H,24,28,29). The molecule has 3 heterocycles. The fraction of sp³-hybridized carbons (Fsp3) is 0.182. The Bertz CT molecular complexity index is 1200. The number of imide groups is 1. The molecule has 2 aliphatic heterocycles. The van der Waals surface area contributed by atoms with Gasteiger partial charge in [0.05, 0.1) is 5.69 Å². The molecule has 1 unspecified atom stereocenters. The van der Waals surface area contributed by atoms with Gasteiger partial charge in [-0.25, -0.2) is 4.98 Å². The molecular weight excluding hydrogens is 384 g/mol. The number of phenols is 1. The normalized spacial score (nSPS) is 18.5. The maximum Gasteiger partial charge on any atom is 0.255 e. The van der Waals surface area contributed by atoms with Crippen LogP contribution in [-0.2, 0) is 16.1 Å². The molecule has 0 saturated carbocycles. The SMILES string of the molecule is O=C1CCC(N2Cc3cc(-c4nccn4-c4cccc(O)c4)ccc3C2=O)C(=O)N1. The average Bonchev–Trinajstić information content (AvgIpc) is 3.33. The minimum atomic E-state index is -0.639. The highest BCUT2D eigenvalue weighted by molar-refractivity contribution is 6.05. The highest BCUT2D eigenvalue weighted by Crippen LogP contribution is 2.31. The fourth-order valence-electron chi connectivity index (χ4n) is 4.08. The lowest BCUT2D eigenvalue weighted by atomic mass is 10.0. The molecule has 0 spiro atoms. The summed E-state index contributed by atoms with van der Waals surface area (Å²) in [6.45, 7) is 0.307. The molecule has 1 saturated heterocycles. The molecule has 0 bridgehead atoms. The van der Waals surface area contributed by atoms with Crippen molar-refractivity contribution in [3.63, 3.8) is 0 Å². The summed E-state index contributed by atoms with van der Waals surface area (Å²) in [4.78, 5) is 42.5. The Morgan fingerprint density at radius 3 is 2.77 bits per heavy atom. The van der Waals surface area contributed by atoms with Crippen molar-refractivity contribution in [2.75, 3.05) is 0 Å². The number of aromatic hydroxyl groups is 1. The summed E-state index contributed by atoms with van der Waals surface area (Å²) in [5, 5.41) is 12.1. The van der Waals surface area contributed by atoms with Gasteiger partial charge in [0.25, 0.3) is 5.91 Å². The van der Waals surface area contributed by atoms with Gasteiger partial charge in [0, 0.05) is 42.6 Å². The third-order valence-corrected chi connectivity index (χ3v) is 5.53. The smallest absolute Gasteiger partial charge is 0.255 e. The topological polar surface area (TPSA) is 105 Å². The molecule has 3 aromatic rings. The van der Waals surface area contributed by atoms with E-state index in [1.165, 1.54) is 4.90 Å². The Hall–Kier alpha value is -3.94. The number of phenolic OH excluding ortho intramolecular Hbond substituents is 1. The number of hydrogen-bond acceptors (Lipinski definition) is 5. The van der Waals surface area contributed by atoms with Crippen LogP contribution in [0, 0.1) is 0 Å². The lowest BCUT2D eigenvalue weighted by Gasteiger charge is -2.29. The molecule has 1 atom stereocenters. The van der Waals surface area contributed by atoms with E-state index in [2.05, 4.69) is 10.3 Å². The van der Waals surface area contributed by atoms with Gasteiger partial charge in [0.2, 0.25) is 11.8 Å². The Labute approximate surface area is 171 Å². The summed E-state index contributed by atoms with van der Waals surface area (Å²) in [6, 6.07) is 11.7. The number of nitrogens with one attached hydrogen (secondary N) is 1. The number of benzene rings is 2. The van der Waals surface area contributed by atoms with Crippen LogP contribution in [0.2, 0.25) is 0 Å². The number of amides is 3. The predicted octanol–water partition coefficient (Wildman–Crippen LogP) is 2.01. The van der Waals surface area contributed by atoms with Gasteiger partial charge in [-0.3, -0.25) is 24.3 Å². The van der Waals surface area contributed by atoms with E-state index >= 15 is 0 Å². The maximum atomic E-state index is 12.9. The summed E-state index contributed by atoms with van der Waals surface area (Å²) in [5.41, 5.74) is 2.95. The van der Waals surface area contributed by atoms with Crippen LogP contribution in [0.5, 0.6) is 5.75 Å². The van der Waals surface area contributed by atoms with Crippen molar-refractivity contribution in [3.05, 3.63) is 66.0 Å². The molecule has 1 aromatic heterocycles. The van der Waals surface area contributed by atoms with Gasteiger partial charge >= 0.3 is 0 Å². The quantitative estimate of drug-likeness (QED) is 0.652. The van der Waals surface area contributed by atoms with Crippen LogP contribution in [0.4, 0.5) is 0 Å². The van der Waals surface area contributed by atoms with Crippen molar-refractivity contribution in [1.29, 1.82) is 0 Å². The first-order valence-corrected chi connectivity index (χ1v) is 9.62. The second-order valence-electron chi connectivity index (χ2n) is 7.41. The van der Waals surface area contributed by atoms with Crippen LogP contribution in [0.1, 0.15) is 28.8 Å². The van der Waals surface area contributed by atoms with E-state index in [1.807, 2.05) is 22.8 Å². The van der Waals surface area contributed by atoms with Gasteiger partial charge in [-0.15, -0.1) is 0 Å². The number of piperidine rings is 1. The molecule has 1 fully saturated rings. The number of carbonyl (C=O) groups excluding carboxylic acids is 3. The summed E-state index contributed by atoms with van der Waals surface area (Å²) in [6.07, 6.45) is 4.04. The lowest BCUT2D eigenvalue weighted by molar-refractivity contribution is -0.136. The van der Waals surface area contributed by atoms with Crippen molar-refractivity contribution in [2.24, 2.45) is 0 Å². The van der Waals surface area contributed by atoms with Crippen molar-refractivity contribution in [3.8, 4) is 22.8 Å². The summed E-state index contributed by atoms with van der Waals surface area (Å²) >= 11 is 0. The molecule has 2 N–H and O–H groups in total. The van der Waals surface area contributed by atoms with Crippen LogP contribution < -0.4 is 5.32 Å². The monoisotopic (exact) mass is 402 g/mol. The molecule has 0 aliphatic carbocycles. The van der Waals surface area contributed by atoms with Crippen LogP contribution in [-0.4, -0.2) is 43.3 Å². The minimum absolute atomic E-state index is 0.159. The summed E-state index contributed by atoms with van der Waals surface area (Å²) in [5.74, 6) is -0.0993. The van der Waals surface area contributed by atoms with E-state index in [9.17, 15) is 19.5 Å². The van der Waals surface area contributed by atoms with E-state index in [0.29, 0.717) is 24.4 Å². The largest absolute Gasteiger partial charge is 0.508 e. The number of aromatic nitrogens is 2. The third kappa shape index (κ3) is 2.93. The molecule has 5 rings (SSSR count). The van der Waals surface area contributed by atoms with E-state index in [1.54, 1.807) is 36.7 Å². The molecule has 150 valence electrons. The van der Waals surface area contributed by atoms with Crippen molar-refractivity contribution in [1.82, 2.24) is 19.8 Å². The Balaban J connectivity index is 1.47. The average molecular weight is 402 g/mol. The minimum Gasteiger partial charge on any atom is -0.508 e. The van der Waals surface area contributed by atoms with Gasteiger partial charge in [-0.05, 0) is 36.2 Å². The zero-order valence-corrected chi connectivity index (χ0v) is 15.9. The number of imidazole rings is 1. The number of carbonyl (C=O) groups is 3. The first-order chi connectivity index (χ1) is 14.5. The maximum absolute atomic E-state index is 12.9. The summed E-state index contributed by atoms with van der Waals surface area (Å²) < 4.78 is 1.86. The number of rotatable bonds is 3. The number of fused-ring (bicyclic) bond motifs is 1. The summed E-state index contributed by atoms with van der Waals surface area (Å²) in [7, 11) is 0. The van der Waals surface area contributed by atoms with E-state index in [-0.39, 0.29) is 24.0 Å². The van der Waals surface area contributed by atoms with Crippen LogP contribution >= 0.6 is 0 Å². The van der Waals surface area contributed by atoms with E-state index in [4.69, 9.17) is 0 Å². The van der Waals surface area contributed by atoms with Crippen molar-refractivity contribution < 1.29 is 19.5 Å². The fourth-order valence-corrected chi connectivity index (χ4v) is 4.08. The predicted molar refractivity (Wildman–Crippen MR) is 107 cm³/mol. The number of hydrogen-bond donors (Lipinski definition) is 2. The van der Waals surface area contributed by atoms with Gasteiger partial charge in [-0.2, -0.15) is 0 Å². The first-order valence-electron chi connectivity index (χ1n) is 9.62. The zero-order chi connectivity index (χ0) is 20.8. The third-order valence-electron chi connectivity index (χ3n) is 5.53. The Morgan fingerprint density at radius 2 is 1.97 bits per heavy atom. The molecule has 2 aromatic carbocycles. The van der Waals surface area contributed by atoms with E-state index < -0.39 is 11.9 Å². The van der Waals surface area contributed by atoms with Crippen molar-refractivity contribution >= 4 is 17.7 Å². The van der Waals surface area contributed by atoms with E-state index in [0.717, 1.165) is 16.8 Å². The highest BCUT2D eigenvalue weighted by Gasteiger charge is 2.39. The van der Waals surface area contributed by atoms with Crippen molar-refractivity contribution in [2.45, 2.75) is 25.4 Å². The molecule has 8 heteroatoms. The number of nitrogens with zero attached hydrogens (tertiary/aromatic N) is 3. The van der Waals surface area contributed by atoms with Gasteiger partial charge in [-0.1, -0.05) is 12.1 Å². The molecular formula is C22H18N4O4. The molecule has 3 amide bonds. The zero-order valence-electron chi connectivity index (χ0n) is 15.9. The first kappa shape index (κ1) is 18.1. The Morgan fingerprint density at radius 1 is 1.10 bits per heavy atom. The molecule has 30 heavy (non-hydrogen) atoms. The van der Waals surface area contributed by atoms with Gasteiger partial charge in [0.1, 0.15) is 17.6 Å². The second-order valence-corrected chi connectivity index (χ2v) is 7.41.